The maximum atomic E-state index is 12.1. The molecule has 1 aliphatic carbocycles. The average molecular weight is 289 g/mol. The number of benzene rings is 1. The van der Waals surface area contributed by atoms with Gasteiger partial charge in [-0.05, 0) is 37.5 Å². The zero-order chi connectivity index (χ0) is 15.2. The quantitative estimate of drug-likeness (QED) is 0.798. The smallest absolute Gasteiger partial charge is 0.319 e. The molecular formula is C16H23N3O2. The number of amides is 3. The highest BCUT2D eigenvalue weighted by Crippen LogP contribution is 2.21. The van der Waals surface area contributed by atoms with Crippen LogP contribution in [-0.2, 0) is 4.79 Å². The largest absolute Gasteiger partial charge is 0.335 e. The first-order valence-electron chi connectivity index (χ1n) is 7.50. The number of hydrogen-bond acceptors (Lipinski definition) is 2. The number of hydrogen-bond donors (Lipinski definition) is 3. The van der Waals surface area contributed by atoms with Crippen molar-refractivity contribution in [3.05, 3.63) is 23.8 Å². The lowest BCUT2D eigenvalue weighted by Gasteiger charge is -2.23. The van der Waals surface area contributed by atoms with Gasteiger partial charge in [-0.3, -0.25) is 4.79 Å². The van der Waals surface area contributed by atoms with Gasteiger partial charge in [-0.25, -0.2) is 4.79 Å². The van der Waals surface area contributed by atoms with Crippen molar-refractivity contribution in [2.75, 3.05) is 10.6 Å². The van der Waals surface area contributed by atoms with Crippen LogP contribution >= 0.6 is 0 Å². The molecule has 3 amide bonds. The van der Waals surface area contributed by atoms with E-state index in [0.29, 0.717) is 5.69 Å². The molecule has 0 unspecified atom stereocenters. The van der Waals surface area contributed by atoms with E-state index in [4.69, 9.17) is 0 Å². The van der Waals surface area contributed by atoms with Crippen molar-refractivity contribution in [3.63, 3.8) is 0 Å². The fourth-order valence-corrected chi connectivity index (χ4v) is 2.63. The van der Waals surface area contributed by atoms with Gasteiger partial charge in [0.2, 0.25) is 5.91 Å². The Morgan fingerprint density at radius 1 is 1.10 bits per heavy atom. The number of rotatable bonds is 3. The molecule has 1 aromatic carbocycles. The van der Waals surface area contributed by atoms with E-state index in [2.05, 4.69) is 16.0 Å². The van der Waals surface area contributed by atoms with E-state index in [9.17, 15) is 9.59 Å². The zero-order valence-corrected chi connectivity index (χ0v) is 12.7. The maximum absolute atomic E-state index is 12.1. The fraction of sp³-hybridized carbons (Fsp3) is 0.500. The first kappa shape index (κ1) is 15.4. The Labute approximate surface area is 125 Å². The molecule has 0 radical (unpaired) electrons. The monoisotopic (exact) mass is 289 g/mol. The predicted octanol–water partition coefficient (Wildman–Crippen LogP) is 3.41. The lowest BCUT2D eigenvalue weighted by Crippen LogP contribution is -2.39. The number of carbonyl (C=O) groups is 2. The molecule has 1 saturated carbocycles. The Bertz CT molecular complexity index is 522. The maximum Gasteiger partial charge on any atom is 0.319 e. The molecule has 0 saturated heterocycles. The molecular weight excluding hydrogens is 266 g/mol. The second-order valence-electron chi connectivity index (χ2n) is 5.64. The third-order valence-electron chi connectivity index (χ3n) is 3.75. The van der Waals surface area contributed by atoms with Gasteiger partial charge < -0.3 is 16.0 Å². The summed E-state index contributed by atoms with van der Waals surface area (Å²) >= 11 is 0. The first-order chi connectivity index (χ1) is 10.0. The third-order valence-corrected chi connectivity index (χ3v) is 3.75. The van der Waals surface area contributed by atoms with Gasteiger partial charge in [-0.2, -0.15) is 0 Å². The van der Waals surface area contributed by atoms with Gasteiger partial charge in [-0.1, -0.05) is 25.3 Å². The summed E-state index contributed by atoms with van der Waals surface area (Å²) in [5.74, 6) is -0.128. The summed E-state index contributed by atoms with van der Waals surface area (Å²) in [5.41, 5.74) is 2.36. The van der Waals surface area contributed by atoms with Gasteiger partial charge in [0, 0.05) is 24.3 Å². The molecule has 0 spiro atoms. The van der Waals surface area contributed by atoms with Crippen molar-refractivity contribution in [1.82, 2.24) is 5.32 Å². The lowest BCUT2D eigenvalue weighted by atomic mass is 9.96. The summed E-state index contributed by atoms with van der Waals surface area (Å²) in [5, 5.41) is 8.60. The van der Waals surface area contributed by atoms with Crippen molar-refractivity contribution in [3.8, 4) is 0 Å². The molecule has 114 valence electrons. The predicted molar refractivity (Wildman–Crippen MR) is 84.5 cm³/mol. The van der Waals surface area contributed by atoms with Gasteiger partial charge in [0.15, 0.2) is 0 Å². The number of anilines is 2. The van der Waals surface area contributed by atoms with Gasteiger partial charge in [0.25, 0.3) is 0 Å². The molecule has 0 heterocycles. The van der Waals surface area contributed by atoms with Gasteiger partial charge in [0.05, 0.1) is 0 Å². The number of aryl methyl sites for hydroxylation is 1. The van der Waals surface area contributed by atoms with Gasteiger partial charge in [-0.15, -0.1) is 0 Å². The molecule has 0 atom stereocenters. The van der Waals surface area contributed by atoms with Crippen molar-refractivity contribution in [2.45, 2.75) is 52.0 Å². The summed E-state index contributed by atoms with van der Waals surface area (Å²) in [6.45, 7) is 3.39. The summed E-state index contributed by atoms with van der Waals surface area (Å²) in [7, 11) is 0. The normalized spacial score (nSPS) is 15.3. The summed E-state index contributed by atoms with van der Waals surface area (Å²) < 4.78 is 0. The van der Waals surface area contributed by atoms with E-state index in [-0.39, 0.29) is 18.0 Å². The van der Waals surface area contributed by atoms with E-state index in [0.717, 1.165) is 24.1 Å². The highest BCUT2D eigenvalue weighted by molar-refractivity contribution is 5.93. The second-order valence-corrected chi connectivity index (χ2v) is 5.64. The Morgan fingerprint density at radius 3 is 2.48 bits per heavy atom. The molecule has 1 fully saturated rings. The molecule has 2 rings (SSSR count). The van der Waals surface area contributed by atoms with Crippen molar-refractivity contribution in [2.24, 2.45) is 0 Å². The van der Waals surface area contributed by atoms with Crippen LogP contribution in [0.5, 0.6) is 0 Å². The molecule has 1 aromatic rings. The zero-order valence-electron chi connectivity index (χ0n) is 12.7. The second kappa shape index (κ2) is 7.11. The number of carbonyl (C=O) groups excluding carboxylic acids is 2. The third kappa shape index (κ3) is 4.77. The summed E-state index contributed by atoms with van der Waals surface area (Å²) in [6, 6.07) is 5.57. The van der Waals surface area contributed by atoms with Crippen LogP contribution in [0.15, 0.2) is 18.2 Å². The summed E-state index contributed by atoms with van der Waals surface area (Å²) in [4.78, 5) is 23.1. The highest BCUT2D eigenvalue weighted by Gasteiger charge is 2.16. The van der Waals surface area contributed by atoms with Crippen LogP contribution in [0.1, 0.15) is 44.6 Å². The standard InChI is InChI=1S/C16H23N3O2/c1-11-8-9-14(17-12(2)20)10-15(11)19-16(21)18-13-6-4-3-5-7-13/h8-10,13H,3-7H2,1-2H3,(H,17,20)(H2,18,19,21). The van der Waals surface area contributed by atoms with E-state index in [1.807, 2.05) is 19.1 Å². The molecule has 0 aliphatic heterocycles. The van der Waals surface area contributed by atoms with Crippen molar-refractivity contribution < 1.29 is 9.59 Å². The Hall–Kier alpha value is -2.04. The van der Waals surface area contributed by atoms with Gasteiger partial charge >= 0.3 is 6.03 Å². The minimum atomic E-state index is -0.176. The van der Waals surface area contributed by atoms with E-state index in [1.54, 1.807) is 6.07 Å². The van der Waals surface area contributed by atoms with E-state index in [1.165, 1.54) is 26.2 Å². The Kier molecular flexibility index (Phi) is 5.20. The van der Waals surface area contributed by atoms with Crippen LogP contribution in [0.25, 0.3) is 0 Å². The van der Waals surface area contributed by atoms with Crippen LogP contribution in [0.4, 0.5) is 16.2 Å². The van der Waals surface area contributed by atoms with Gasteiger partial charge in [0.1, 0.15) is 0 Å². The average Bonchev–Trinajstić information content (AvgIpc) is 2.43. The minimum absolute atomic E-state index is 0.128. The molecule has 21 heavy (non-hydrogen) atoms. The van der Waals surface area contributed by atoms with E-state index >= 15 is 0 Å². The molecule has 5 nitrogen and oxygen atoms in total. The van der Waals surface area contributed by atoms with Crippen LogP contribution in [0.2, 0.25) is 0 Å². The Morgan fingerprint density at radius 2 is 1.81 bits per heavy atom. The van der Waals surface area contributed by atoms with Crippen LogP contribution in [0, 0.1) is 6.92 Å². The van der Waals surface area contributed by atoms with E-state index < -0.39 is 0 Å². The highest BCUT2D eigenvalue weighted by atomic mass is 16.2. The molecule has 3 N–H and O–H groups in total. The minimum Gasteiger partial charge on any atom is -0.335 e. The summed E-state index contributed by atoms with van der Waals surface area (Å²) in [6.07, 6.45) is 5.73. The van der Waals surface area contributed by atoms with Crippen LogP contribution in [0.3, 0.4) is 0 Å². The molecule has 1 aliphatic rings. The number of urea groups is 1. The van der Waals surface area contributed by atoms with Crippen LogP contribution < -0.4 is 16.0 Å². The Balaban J connectivity index is 1.97. The molecule has 5 heteroatoms. The van der Waals surface area contributed by atoms with Crippen LogP contribution in [-0.4, -0.2) is 18.0 Å². The lowest BCUT2D eigenvalue weighted by molar-refractivity contribution is -0.114. The fourth-order valence-electron chi connectivity index (χ4n) is 2.63. The molecule has 0 aromatic heterocycles. The topological polar surface area (TPSA) is 70.2 Å². The van der Waals surface area contributed by atoms with Crippen molar-refractivity contribution in [1.29, 1.82) is 0 Å². The SMILES string of the molecule is CC(=O)Nc1ccc(C)c(NC(=O)NC2CCCCC2)c1. The van der Waals surface area contributed by atoms with Crippen molar-refractivity contribution >= 4 is 23.3 Å². The number of nitrogens with one attached hydrogen (secondary N) is 3. The molecule has 0 bridgehead atoms. The first-order valence-corrected chi connectivity index (χ1v) is 7.50.